The first-order valence-electron chi connectivity index (χ1n) is 9.46. The number of nitriles is 1. The van der Waals surface area contributed by atoms with Gasteiger partial charge in [-0.25, -0.2) is 5.43 Å². The molecule has 0 unspecified atom stereocenters. The highest BCUT2D eigenvalue weighted by Gasteiger charge is 2.14. The molecule has 8 heteroatoms. The summed E-state index contributed by atoms with van der Waals surface area (Å²) >= 11 is 6.83. The zero-order chi connectivity index (χ0) is 22.5. The predicted molar refractivity (Wildman–Crippen MR) is 129 cm³/mol. The van der Waals surface area contributed by atoms with Crippen molar-refractivity contribution in [3.63, 3.8) is 0 Å². The first-order valence-corrected chi connectivity index (χ1v) is 11.0. The Labute approximate surface area is 200 Å². The molecule has 1 amide bonds. The van der Waals surface area contributed by atoms with E-state index in [0.29, 0.717) is 23.5 Å². The summed E-state index contributed by atoms with van der Waals surface area (Å²) in [7, 11) is 0. The van der Waals surface area contributed by atoms with Gasteiger partial charge in [-0.2, -0.15) is 10.4 Å². The topological polar surface area (TPSA) is 87.6 Å². The van der Waals surface area contributed by atoms with Crippen molar-refractivity contribution in [1.82, 2.24) is 5.43 Å². The number of amides is 1. The maximum atomic E-state index is 12.3. The third-order valence-electron chi connectivity index (χ3n) is 4.55. The lowest BCUT2D eigenvalue weighted by Gasteiger charge is -2.07. The molecule has 1 heterocycles. The molecule has 1 N–H and O–H groups in total. The summed E-state index contributed by atoms with van der Waals surface area (Å²) < 4.78 is 13.0. The van der Waals surface area contributed by atoms with Crippen molar-refractivity contribution in [2.45, 2.75) is 6.61 Å². The average molecular weight is 553 g/mol. The van der Waals surface area contributed by atoms with Crippen LogP contribution in [0.1, 0.15) is 27.2 Å². The molecule has 4 rings (SSSR count). The first-order chi connectivity index (χ1) is 15.5. The van der Waals surface area contributed by atoms with Gasteiger partial charge in [0, 0.05) is 15.4 Å². The van der Waals surface area contributed by atoms with Crippen LogP contribution in [0.3, 0.4) is 0 Å². The molecule has 0 aliphatic rings. The smallest absolute Gasteiger partial charge is 0.307 e. The summed E-state index contributed by atoms with van der Waals surface area (Å²) in [5, 5.41) is 13.9. The highest BCUT2D eigenvalue weighted by atomic mass is 79.9. The van der Waals surface area contributed by atoms with Gasteiger partial charge in [0.15, 0.2) is 5.76 Å². The lowest BCUT2D eigenvalue weighted by atomic mass is 10.1. The van der Waals surface area contributed by atoms with Crippen LogP contribution in [-0.2, 0) is 6.61 Å². The van der Waals surface area contributed by atoms with E-state index in [4.69, 9.17) is 14.4 Å². The Morgan fingerprint density at radius 3 is 2.69 bits per heavy atom. The van der Waals surface area contributed by atoms with Crippen LogP contribution in [-0.4, -0.2) is 12.1 Å². The van der Waals surface area contributed by atoms with Crippen LogP contribution in [0.2, 0.25) is 0 Å². The number of nitrogens with zero attached hydrogens (tertiary/aromatic N) is 2. The molecule has 4 aromatic rings. The maximum Gasteiger partial charge on any atom is 0.307 e. The number of hydrazone groups is 1. The molecule has 0 saturated heterocycles. The molecule has 3 aromatic carbocycles. The van der Waals surface area contributed by atoms with Gasteiger partial charge in [0.2, 0.25) is 0 Å². The van der Waals surface area contributed by atoms with Crippen LogP contribution in [0.5, 0.6) is 5.75 Å². The molecule has 0 fully saturated rings. The molecule has 0 aliphatic carbocycles. The van der Waals surface area contributed by atoms with Crippen LogP contribution in [0.15, 0.2) is 85.2 Å². The minimum Gasteiger partial charge on any atom is -0.489 e. The van der Waals surface area contributed by atoms with Crippen LogP contribution in [0.25, 0.3) is 11.0 Å². The predicted octanol–water partition coefficient (Wildman–Crippen LogP) is 6.17. The summed E-state index contributed by atoms with van der Waals surface area (Å²) in [5.41, 5.74) is 5.26. The van der Waals surface area contributed by atoms with Gasteiger partial charge in [0.1, 0.15) is 17.9 Å². The Morgan fingerprint density at radius 1 is 1.12 bits per heavy atom. The number of hydrogen-bond acceptors (Lipinski definition) is 5. The standard InChI is InChI=1S/C24H15Br2N3O3/c25-19-9-18-10-22(32-23(18)21(26)11-19)24(30)29-28-13-15-5-7-20(8-6-15)31-14-17-4-2-1-3-16(17)12-27/h1-11,13H,14H2,(H,29,30)/b28-13-. The minimum absolute atomic E-state index is 0.164. The molecular formula is C24H15Br2N3O3. The summed E-state index contributed by atoms with van der Waals surface area (Å²) in [6.45, 7) is 0.303. The molecule has 158 valence electrons. The van der Waals surface area contributed by atoms with Crippen molar-refractivity contribution in [3.05, 3.63) is 98.1 Å². The van der Waals surface area contributed by atoms with E-state index in [9.17, 15) is 4.79 Å². The number of rotatable bonds is 6. The van der Waals surface area contributed by atoms with Gasteiger partial charge >= 0.3 is 5.91 Å². The van der Waals surface area contributed by atoms with E-state index in [0.717, 1.165) is 25.5 Å². The molecule has 0 aliphatic heterocycles. The Hall–Kier alpha value is -3.41. The van der Waals surface area contributed by atoms with Gasteiger partial charge in [-0.3, -0.25) is 4.79 Å². The maximum absolute atomic E-state index is 12.3. The van der Waals surface area contributed by atoms with E-state index in [1.54, 1.807) is 24.3 Å². The highest BCUT2D eigenvalue weighted by molar-refractivity contribution is 9.11. The Morgan fingerprint density at radius 2 is 1.91 bits per heavy atom. The van der Waals surface area contributed by atoms with Crippen molar-refractivity contribution in [1.29, 1.82) is 5.26 Å². The van der Waals surface area contributed by atoms with E-state index < -0.39 is 5.91 Å². The van der Waals surface area contributed by atoms with Gasteiger partial charge in [-0.05, 0) is 70.0 Å². The fraction of sp³-hybridized carbons (Fsp3) is 0.0417. The lowest BCUT2D eigenvalue weighted by molar-refractivity contribution is 0.0929. The van der Waals surface area contributed by atoms with Crippen LogP contribution < -0.4 is 10.2 Å². The first kappa shape index (κ1) is 21.8. The zero-order valence-corrected chi connectivity index (χ0v) is 19.7. The highest BCUT2D eigenvalue weighted by Crippen LogP contribution is 2.31. The average Bonchev–Trinajstić information content (AvgIpc) is 3.23. The number of furan rings is 1. The molecule has 0 spiro atoms. The largest absolute Gasteiger partial charge is 0.489 e. The van der Waals surface area contributed by atoms with E-state index in [-0.39, 0.29) is 5.76 Å². The summed E-state index contributed by atoms with van der Waals surface area (Å²) in [6.07, 6.45) is 1.53. The fourth-order valence-electron chi connectivity index (χ4n) is 2.97. The number of fused-ring (bicyclic) bond motifs is 1. The summed E-state index contributed by atoms with van der Waals surface area (Å²) in [4.78, 5) is 12.3. The second kappa shape index (κ2) is 9.81. The Bertz CT molecular complexity index is 1360. The molecule has 1 aromatic heterocycles. The van der Waals surface area contributed by atoms with Crippen molar-refractivity contribution in [2.24, 2.45) is 5.10 Å². The van der Waals surface area contributed by atoms with Crippen molar-refractivity contribution < 1.29 is 13.9 Å². The van der Waals surface area contributed by atoms with Gasteiger partial charge in [-0.1, -0.05) is 34.1 Å². The molecule has 0 atom stereocenters. The van der Waals surface area contributed by atoms with Crippen molar-refractivity contribution in [3.8, 4) is 11.8 Å². The lowest BCUT2D eigenvalue weighted by Crippen LogP contribution is -2.16. The number of carbonyl (C=O) groups is 1. The number of halogens is 2. The third kappa shape index (κ3) is 5.07. The summed E-state index contributed by atoms with van der Waals surface area (Å²) in [5.74, 6) is 0.381. The Kier molecular flexibility index (Phi) is 6.69. The SMILES string of the molecule is N#Cc1ccccc1COc1ccc(/C=N\NC(=O)c2cc3cc(Br)cc(Br)c3o2)cc1. The molecule has 6 nitrogen and oxygen atoms in total. The second-order valence-electron chi connectivity index (χ2n) is 6.74. The minimum atomic E-state index is -0.448. The molecule has 0 saturated carbocycles. The van der Waals surface area contributed by atoms with E-state index in [2.05, 4.69) is 48.5 Å². The van der Waals surface area contributed by atoms with Crippen molar-refractivity contribution >= 4 is 55.0 Å². The normalized spacial score (nSPS) is 10.9. The van der Waals surface area contributed by atoms with Crippen LogP contribution >= 0.6 is 31.9 Å². The molecular weight excluding hydrogens is 538 g/mol. The van der Waals surface area contributed by atoms with Crippen molar-refractivity contribution in [2.75, 3.05) is 0 Å². The quantitative estimate of drug-likeness (QED) is 0.229. The number of hydrogen-bond donors (Lipinski definition) is 1. The van der Waals surface area contributed by atoms with Gasteiger partial charge in [0.05, 0.1) is 22.3 Å². The third-order valence-corrected chi connectivity index (χ3v) is 5.60. The number of carbonyl (C=O) groups excluding carboxylic acids is 1. The Balaban J connectivity index is 1.35. The molecule has 0 radical (unpaired) electrons. The van der Waals surface area contributed by atoms with Gasteiger partial charge < -0.3 is 9.15 Å². The van der Waals surface area contributed by atoms with E-state index in [1.165, 1.54) is 6.21 Å². The second-order valence-corrected chi connectivity index (χ2v) is 8.51. The van der Waals surface area contributed by atoms with Crippen LogP contribution in [0, 0.1) is 11.3 Å². The molecule has 32 heavy (non-hydrogen) atoms. The van der Waals surface area contributed by atoms with Crippen LogP contribution in [0.4, 0.5) is 0 Å². The number of ether oxygens (including phenoxy) is 1. The van der Waals surface area contributed by atoms with E-state index in [1.807, 2.05) is 42.5 Å². The fourth-order valence-corrected chi connectivity index (χ4v) is 4.31. The monoisotopic (exact) mass is 551 g/mol. The summed E-state index contributed by atoms with van der Waals surface area (Å²) in [6, 6.07) is 22.1. The van der Waals surface area contributed by atoms with E-state index >= 15 is 0 Å². The molecule has 0 bridgehead atoms. The number of benzene rings is 3. The van der Waals surface area contributed by atoms with Gasteiger partial charge in [0.25, 0.3) is 0 Å². The zero-order valence-electron chi connectivity index (χ0n) is 16.5. The van der Waals surface area contributed by atoms with Gasteiger partial charge in [-0.15, -0.1) is 0 Å². The number of nitrogens with one attached hydrogen (secondary N) is 1.